The first-order valence-corrected chi connectivity index (χ1v) is 7.65. The minimum atomic E-state index is 0.362. The smallest absolute Gasteiger partial charge is 0.225 e. The average molecular weight is 257 g/mol. The molecule has 0 N–H and O–H groups in total. The normalized spacial score (nSPS) is 23.4. The first-order chi connectivity index (χ1) is 9.28. The highest BCUT2D eigenvalue weighted by molar-refractivity contribution is 5.81. The van der Waals surface area contributed by atoms with Gasteiger partial charge in [0.05, 0.1) is 0 Å². The van der Waals surface area contributed by atoms with Crippen LogP contribution in [-0.4, -0.2) is 23.9 Å². The Hall–Kier alpha value is -1.31. The number of rotatable bonds is 3. The van der Waals surface area contributed by atoms with Gasteiger partial charge in [-0.15, -0.1) is 0 Å². The molecule has 1 aromatic carbocycles. The highest BCUT2D eigenvalue weighted by atomic mass is 16.2. The van der Waals surface area contributed by atoms with E-state index in [1.807, 2.05) is 0 Å². The summed E-state index contributed by atoms with van der Waals surface area (Å²) in [6.07, 6.45) is 5.70. The predicted molar refractivity (Wildman–Crippen MR) is 77.1 cm³/mol. The summed E-state index contributed by atoms with van der Waals surface area (Å²) in [7, 11) is 0. The summed E-state index contributed by atoms with van der Waals surface area (Å²) in [6.45, 7) is 4.10. The molecule has 102 valence electrons. The number of benzene rings is 1. The molecule has 1 aromatic rings. The molecule has 2 aliphatic rings. The number of hydrogen-bond donors (Lipinski definition) is 0. The Morgan fingerprint density at radius 2 is 2.16 bits per heavy atom. The van der Waals surface area contributed by atoms with Crippen molar-refractivity contribution >= 4 is 5.91 Å². The van der Waals surface area contributed by atoms with E-state index >= 15 is 0 Å². The van der Waals surface area contributed by atoms with Gasteiger partial charge in [0.25, 0.3) is 0 Å². The van der Waals surface area contributed by atoms with E-state index in [1.165, 1.54) is 17.5 Å². The van der Waals surface area contributed by atoms with E-state index in [-0.39, 0.29) is 0 Å². The van der Waals surface area contributed by atoms with Gasteiger partial charge in [-0.2, -0.15) is 0 Å². The number of amides is 1. The number of piperidine rings is 1. The van der Waals surface area contributed by atoms with Crippen molar-refractivity contribution < 1.29 is 4.79 Å². The lowest BCUT2D eigenvalue weighted by Gasteiger charge is -2.33. The second-order valence-electron chi connectivity index (χ2n) is 6.00. The van der Waals surface area contributed by atoms with Crippen LogP contribution in [0.5, 0.6) is 0 Å². The zero-order valence-electron chi connectivity index (χ0n) is 11.8. The lowest BCUT2D eigenvalue weighted by molar-refractivity contribution is -0.133. The molecule has 1 aliphatic heterocycles. The van der Waals surface area contributed by atoms with Crippen molar-refractivity contribution in [1.29, 1.82) is 0 Å². The van der Waals surface area contributed by atoms with Gasteiger partial charge in [0, 0.05) is 24.9 Å². The van der Waals surface area contributed by atoms with Gasteiger partial charge in [0.2, 0.25) is 5.91 Å². The van der Waals surface area contributed by atoms with Crippen molar-refractivity contribution in [1.82, 2.24) is 4.90 Å². The highest BCUT2D eigenvalue weighted by Crippen LogP contribution is 2.34. The number of aryl methyl sites for hydroxylation is 1. The third kappa shape index (κ3) is 2.83. The molecule has 0 radical (unpaired) electrons. The van der Waals surface area contributed by atoms with Crippen LogP contribution >= 0.6 is 0 Å². The van der Waals surface area contributed by atoms with Crippen LogP contribution in [0.3, 0.4) is 0 Å². The van der Waals surface area contributed by atoms with Gasteiger partial charge < -0.3 is 4.90 Å². The van der Waals surface area contributed by atoms with Crippen molar-refractivity contribution in [2.45, 2.75) is 44.9 Å². The standard InChI is InChI=1S/C17H23NO/c1-2-13-5-3-6-15(11-13)16-7-4-10-18(12-16)17(19)14-8-9-14/h3,5-6,11,14,16H,2,4,7-10,12H2,1H3. The quantitative estimate of drug-likeness (QED) is 0.813. The Labute approximate surface area is 115 Å². The molecule has 1 heterocycles. The molecule has 0 spiro atoms. The lowest BCUT2D eigenvalue weighted by atomic mass is 9.89. The number of carbonyl (C=O) groups is 1. The second-order valence-corrected chi connectivity index (χ2v) is 6.00. The van der Waals surface area contributed by atoms with E-state index in [0.29, 0.717) is 17.7 Å². The molecule has 1 amide bonds. The van der Waals surface area contributed by atoms with E-state index in [4.69, 9.17) is 0 Å². The third-order valence-corrected chi connectivity index (χ3v) is 4.49. The van der Waals surface area contributed by atoms with Gasteiger partial charge >= 0.3 is 0 Å². The summed E-state index contributed by atoms with van der Waals surface area (Å²) in [4.78, 5) is 14.3. The van der Waals surface area contributed by atoms with E-state index in [1.54, 1.807) is 0 Å². The first-order valence-electron chi connectivity index (χ1n) is 7.65. The lowest BCUT2D eigenvalue weighted by Crippen LogP contribution is -2.39. The van der Waals surface area contributed by atoms with E-state index in [9.17, 15) is 4.79 Å². The molecule has 19 heavy (non-hydrogen) atoms. The van der Waals surface area contributed by atoms with Crippen LogP contribution in [0.15, 0.2) is 24.3 Å². The fourth-order valence-electron chi connectivity index (χ4n) is 3.10. The number of nitrogens with zero attached hydrogens (tertiary/aromatic N) is 1. The molecule has 1 aliphatic carbocycles. The largest absolute Gasteiger partial charge is 0.342 e. The van der Waals surface area contributed by atoms with Gasteiger partial charge in [0.1, 0.15) is 0 Å². The van der Waals surface area contributed by atoms with Gasteiger partial charge in [-0.1, -0.05) is 31.2 Å². The maximum absolute atomic E-state index is 12.2. The molecule has 1 saturated heterocycles. The molecular weight excluding hydrogens is 234 g/mol. The Kier molecular flexibility index (Phi) is 3.58. The topological polar surface area (TPSA) is 20.3 Å². The highest BCUT2D eigenvalue weighted by Gasteiger charge is 2.35. The van der Waals surface area contributed by atoms with Crippen LogP contribution in [0.1, 0.15) is 49.7 Å². The fraction of sp³-hybridized carbons (Fsp3) is 0.588. The summed E-state index contributed by atoms with van der Waals surface area (Å²) < 4.78 is 0. The Bertz CT molecular complexity index is 464. The molecular formula is C17H23NO. The zero-order valence-corrected chi connectivity index (χ0v) is 11.8. The van der Waals surface area contributed by atoms with Crippen LogP contribution in [0.2, 0.25) is 0 Å². The summed E-state index contributed by atoms with van der Waals surface area (Å²) >= 11 is 0. The molecule has 3 rings (SSSR count). The minimum Gasteiger partial charge on any atom is -0.342 e. The second kappa shape index (κ2) is 5.36. The fourth-order valence-corrected chi connectivity index (χ4v) is 3.10. The van der Waals surface area contributed by atoms with E-state index in [2.05, 4.69) is 36.1 Å². The molecule has 0 aromatic heterocycles. The van der Waals surface area contributed by atoms with Crippen molar-refractivity contribution in [2.75, 3.05) is 13.1 Å². The summed E-state index contributed by atoms with van der Waals surface area (Å²) in [5.74, 6) is 1.32. The van der Waals surface area contributed by atoms with Crippen LogP contribution in [0.25, 0.3) is 0 Å². The first kappa shape index (κ1) is 12.7. The van der Waals surface area contributed by atoms with Gasteiger partial charge in [-0.25, -0.2) is 0 Å². The molecule has 1 saturated carbocycles. The monoisotopic (exact) mass is 257 g/mol. The predicted octanol–water partition coefficient (Wildman–Crippen LogP) is 3.37. The summed E-state index contributed by atoms with van der Waals surface area (Å²) in [5, 5.41) is 0. The number of likely N-dealkylation sites (tertiary alicyclic amines) is 1. The van der Waals surface area contributed by atoms with Crippen molar-refractivity contribution in [3.05, 3.63) is 35.4 Å². The molecule has 2 heteroatoms. The Balaban J connectivity index is 1.71. The number of hydrogen-bond acceptors (Lipinski definition) is 1. The molecule has 2 nitrogen and oxygen atoms in total. The zero-order chi connectivity index (χ0) is 13.2. The van der Waals surface area contributed by atoms with Gasteiger partial charge in [-0.3, -0.25) is 4.79 Å². The van der Waals surface area contributed by atoms with Crippen LogP contribution in [-0.2, 0) is 11.2 Å². The van der Waals surface area contributed by atoms with Gasteiger partial charge in [0.15, 0.2) is 0 Å². The molecule has 1 atom stereocenters. The minimum absolute atomic E-state index is 0.362. The summed E-state index contributed by atoms with van der Waals surface area (Å²) in [5.41, 5.74) is 2.83. The Morgan fingerprint density at radius 1 is 1.32 bits per heavy atom. The average Bonchev–Trinajstić information content (AvgIpc) is 3.31. The third-order valence-electron chi connectivity index (χ3n) is 4.49. The molecule has 0 bridgehead atoms. The van der Waals surface area contributed by atoms with Crippen molar-refractivity contribution in [2.24, 2.45) is 5.92 Å². The molecule has 2 fully saturated rings. The van der Waals surface area contributed by atoms with Gasteiger partial charge in [-0.05, 0) is 43.2 Å². The van der Waals surface area contributed by atoms with E-state index in [0.717, 1.165) is 38.8 Å². The van der Waals surface area contributed by atoms with Crippen LogP contribution in [0, 0.1) is 5.92 Å². The molecule has 1 unspecified atom stereocenters. The maximum Gasteiger partial charge on any atom is 0.225 e. The van der Waals surface area contributed by atoms with Crippen LogP contribution in [0.4, 0.5) is 0 Å². The van der Waals surface area contributed by atoms with Crippen LogP contribution < -0.4 is 0 Å². The summed E-state index contributed by atoms with van der Waals surface area (Å²) in [6, 6.07) is 8.92. The van der Waals surface area contributed by atoms with Crippen molar-refractivity contribution in [3.63, 3.8) is 0 Å². The maximum atomic E-state index is 12.2. The Morgan fingerprint density at radius 3 is 2.89 bits per heavy atom. The SMILES string of the molecule is CCc1cccc(C2CCCN(C(=O)C3CC3)C2)c1. The number of carbonyl (C=O) groups excluding carboxylic acids is 1. The van der Waals surface area contributed by atoms with E-state index < -0.39 is 0 Å². The van der Waals surface area contributed by atoms with Crippen molar-refractivity contribution in [3.8, 4) is 0 Å².